The van der Waals surface area contributed by atoms with E-state index in [1.54, 1.807) is 0 Å². The zero-order valence-corrected chi connectivity index (χ0v) is 19.6. The molecule has 0 radical (unpaired) electrons. The normalized spacial score (nSPS) is 11.7. The van der Waals surface area contributed by atoms with Gasteiger partial charge in [-0.2, -0.15) is 0 Å². The molecule has 0 fully saturated rings. The van der Waals surface area contributed by atoms with Crippen LogP contribution in [0.3, 0.4) is 0 Å². The fraction of sp³-hybridized carbons (Fsp3) is 0.727. The van der Waals surface area contributed by atoms with Crippen molar-refractivity contribution in [3.63, 3.8) is 0 Å². The molecule has 0 aromatic rings. The number of rotatable bonds is 25. The van der Waals surface area contributed by atoms with Crippen molar-refractivity contribution >= 4 is 11.9 Å². The second-order valence-corrected chi connectivity index (χ2v) is 6.33. The van der Waals surface area contributed by atoms with Gasteiger partial charge in [0.2, 0.25) is 0 Å². The minimum absolute atomic E-state index is 0.1000. The van der Waals surface area contributed by atoms with Crippen LogP contribution in [0.1, 0.15) is 0 Å². The predicted molar refractivity (Wildman–Crippen MR) is 120 cm³/mol. The summed E-state index contributed by atoms with van der Waals surface area (Å²) in [4.78, 5) is 22.8. The third kappa shape index (κ3) is 21.7. The van der Waals surface area contributed by atoms with E-state index >= 15 is 0 Å². The van der Waals surface area contributed by atoms with Crippen LogP contribution >= 0.6 is 0 Å². The molecule has 11 heteroatoms. The van der Waals surface area contributed by atoms with Crippen molar-refractivity contribution in [2.24, 2.45) is 0 Å². The third-order valence-corrected chi connectivity index (χ3v) is 3.70. The number of methoxy groups -OCH3 is 1. The molecule has 0 saturated heterocycles. The lowest BCUT2D eigenvalue weighted by Gasteiger charge is -2.14. The molecule has 1 unspecified atom stereocenters. The molecule has 0 heterocycles. The van der Waals surface area contributed by atoms with Gasteiger partial charge in [0.05, 0.1) is 59.5 Å². The van der Waals surface area contributed by atoms with Gasteiger partial charge in [0, 0.05) is 20.2 Å². The molecule has 192 valence electrons. The van der Waals surface area contributed by atoms with Crippen molar-refractivity contribution in [1.82, 2.24) is 5.32 Å². The van der Waals surface area contributed by atoms with Gasteiger partial charge in [0.25, 0.3) is 0 Å². The van der Waals surface area contributed by atoms with E-state index in [2.05, 4.69) is 18.5 Å². The van der Waals surface area contributed by atoms with Gasteiger partial charge < -0.3 is 43.2 Å². The molecule has 0 bridgehead atoms. The molecule has 0 aliphatic rings. The lowest BCUT2D eigenvalue weighted by Crippen LogP contribution is -2.31. The Labute approximate surface area is 196 Å². The minimum atomic E-state index is -0.761. The first kappa shape index (κ1) is 31.1. The quantitative estimate of drug-likeness (QED) is 0.110. The summed E-state index contributed by atoms with van der Waals surface area (Å²) in [5.41, 5.74) is 0. The van der Waals surface area contributed by atoms with Gasteiger partial charge >= 0.3 is 11.9 Å². The molecule has 0 aliphatic carbocycles. The maximum Gasteiger partial charge on any atom is 0.337 e. The summed E-state index contributed by atoms with van der Waals surface area (Å²) >= 11 is 0. The Bertz CT molecular complexity index is 504. The second-order valence-electron chi connectivity index (χ2n) is 6.33. The molecule has 0 aromatic carbocycles. The van der Waals surface area contributed by atoms with Gasteiger partial charge in [-0.05, 0) is 0 Å². The van der Waals surface area contributed by atoms with E-state index in [0.29, 0.717) is 65.9 Å². The van der Waals surface area contributed by atoms with Crippen molar-refractivity contribution in [2.75, 3.05) is 99.5 Å². The van der Waals surface area contributed by atoms with Crippen LogP contribution < -0.4 is 5.32 Å². The maximum atomic E-state index is 11.6. The van der Waals surface area contributed by atoms with Crippen molar-refractivity contribution in [3.8, 4) is 0 Å². The van der Waals surface area contributed by atoms with Crippen LogP contribution in [0, 0.1) is 0 Å². The fourth-order valence-electron chi connectivity index (χ4n) is 2.08. The topological polar surface area (TPSA) is 120 Å². The Morgan fingerprint density at radius 1 is 0.758 bits per heavy atom. The summed E-state index contributed by atoms with van der Waals surface area (Å²) in [5, 5.41) is 3.19. The summed E-state index contributed by atoms with van der Waals surface area (Å²) in [6, 6.07) is 0. The summed E-state index contributed by atoms with van der Waals surface area (Å²) in [6.45, 7) is 12.1. The number of nitrogens with one attached hydrogen (secondary N) is 1. The van der Waals surface area contributed by atoms with E-state index in [1.807, 2.05) is 0 Å². The summed E-state index contributed by atoms with van der Waals surface area (Å²) in [6.07, 6.45) is 2.22. The summed E-state index contributed by atoms with van der Waals surface area (Å²) in [7, 11) is 1.42. The monoisotopic (exact) mass is 477 g/mol. The van der Waals surface area contributed by atoms with Crippen molar-refractivity contribution < 1.29 is 47.5 Å². The third-order valence-electron chi connectivity index (χ3n) is 3.70. The number of hydrogen-bond donors (Lipinski definition) is 1. The van der Waals surface area contributed by atoms with E-state index in [9.17, 15) is 9.59 Å². The minimum Gasteiger partial charge on any atom is -0.460 e. The van der Waals surface area contributed by atoms with Crippen LogP contribution in [0.4, 0.5) is 0 Å². The van der Waals surface area contributed by atoms with E-state index < -0.39 is 18.0 Å². The number of carbonyl (C=O) groups is 2. The van der Waals surface area contributed by atoms with Crippen molar-refractivity contribution in [2.45, 2.75) is 6.10 Å². The number of hydrogen-bond acceptors (Lipinski definition) is 11. The van der Waals surface area contributed by atoms with Gasteiger partial charge in [0.1, 0.15) is 19.8 Å². The van der Waals surface area contributed by atoms with Gasteiger partial charge in [-0.15, -0.1) is 0 Å². The molecular weight excluding hydrogens is 438 g/mol. The van der Waals surface area contributed by atoms with Crippen molar-refractivity contribution in [1.29, 1.82) is 0 Å². The molecule has 0 aromatic heterocycles. The van der Waals surface area contributed by atoms with Crippen LogP contribution in [-0.2, 0) is 47.5 Å². The van der Waals surface area contributed by atoms with Crippen LogP contribution in [0.2, 0.25) is 0 Å². The standard InChI is InChI=1S/C22H39NO10/c1-4-8-32-21(24)19-31-17-15-29-13-12-27-10-6-23-7-11-28-14-16-30-18-20(26-3)22(25)33-9-5-2/h4-5,20,23H,1-2,6-19H2,3H3. The highest BCUT2D eigenvalue weighted by molar-refractivity contribution is 5.74. The molecular formula is C22H39NO10. The molecule has 0 aliphatic heterocycles. The highest BCUT2D eigenvalue weighted by Gasteiger charge is 2.19. The number of ether oxygens (including phenoxy) is 8. The lowest BCUT2D eigenvalue weighted by molar-refractivity contribution is -0.158. The molecule has 1 N–H and O–H groups in total. The lowest BCUT2D eigenvalue weighted by atomic mass is 10.4. The molecule has 0 rings (SSSR count). The SMILES string of the molecule is C=CCOC(=O)COCCOCCOCCNCCOCCOCC(OC)C(=O)OCC=C. The zero-order valence-electron chi connectivity index (χ0n) is 19.6. The van der Waals surface area contributed by atoms with E-state index in [0.717, 1.165) is 0 Å². The predicted octanol–water partition coefficient (Wildman–Crippen LogP) is 0.132. The first-order valence-corrected chi connectivity index (χ1v) is 10.8. The molecule has 0 amide bonds. The van der Waals surface area contributed by atoms with Crippen LogP contribution in [-0.4, -0.2) is 118 Å². The summed E-state index contributed by atoms with van der Waals surface area (Å²) in [5.74, 6) is -0.910. The molecule has 0 spiro atoms. The number of carbonyl (C=O) groups excluding carboxylic acids is 2. The van der Waals surface area contributed by atoms with Crippen LogP contribution in [0.15, 0.2) is 25.3 Å². The average Bonchev–Trinajstić information content (AvgIpc) is 2.82. The second kappa shape index (κ2) is 24.8. The van der Waals surface area contributed by atoms with E-state index in [4.69, 9.17) is 37.9 Å². The fourth-order valence-corrected chi connectivity index (χ4v) is 2.08. The Morgan fingerprint density at radius 2 is 1.27 bits per heavy atom. The molecule has 0 saturated carbocycles. The molecule has 11 nitrogen and oxygen atoms in total. The van der Waals surface area contributed by atoms with Crippen LogP contribution in [0.5, 0.6) is 0 Å². The Kier molecular flexibility index (Phi) is 23.4. The zero-order chi connectivity index (χ0) is 24.4. The van der Waals surface area contributed by atoms with Crippen LogP contribution in [0.25, 0.3) is 0 Å². The van der Waals surface area contributed by atoms with Crippen molar-refractivity contribution in [3.05, 3.63) is 25.3 Å². The highest BCUT2D eigenvalue weighted by atomic mass is 16.6. The largest absolute Gasteiger partial charge is 0.460 e. The van der Waals surface area contributed by atoms with Gasteiger partial charge in [0.15, 0.2) is 6.10 Å². The van der Waals surface area contributed by atoms with E-state index in [-0.39, 0.29) is 26.4 Å². The number of esters is 2. The van der Waals surface area contributed by atoms with Gasteiger partial charge in [-0.25, -0.2) is 9.59 Å². The first-order chi connectivity index (χ1) is 16.2. The van der Waals surface area contributed by atoms with Gasteiger partial charge in [-0.3, -0.25) is 0 Å². The highest BCUT2D eigenvalue weighted by Crippen LogP contribution is 1.96. The Hall–Kier alpha value is -1.86. The Balaban J connectivity index is 3.28. The maximum absolute atomic E-state index is 11.6. The summed E-state index contributed by atoms with van der Waals surface area (Å²) < 4.78 is 41.4. The molecule has 1 atom stereocenters. The smallest absolute Gasteiger partial charge is 0.337 e. The average molecular weight is 478 g/mol. The van der Waals surface area contributed by atoms with Gasteiger partial charge in [-0.1, -0.05) is 25.3 Å². The van der Waals surface area contributed by atoms with E-state index in [1.165, 1.54) is 19.3 Å². The first-order valence-electron chi connectivity index (χ1n) is 10.8. The molecule has 33 heavy (non-hydrogen) atoms. The Morgan fingerprint density at radius 3 is 1.85 bits per heavy atom.